The van der Waals surface area contributed by atoms with E-state index < -0.39 is 0 Å². The zero-order chi connectivity index (χ0) is 21.4. The van der Waals surface area contributed by atoms with Gasteiger partial charge in [-0.1, -0.05) is 84.4 Å². The van der Waals surface area contributed by atoms with Crippen LogP contribution >= 0.6 is 0 Å². The van der Waals surface area contributed by atoms with Crippen molar-refractivity contribution >= 4 is 0 Å². The van der Waals surface area contributed by atoms with Crippen LogP contribution in [0.15, 0.2) is 29.9 Å². The van der Waals surface area contributed by atoms with Gasteiger partial charge in [0.15, 0.2) is 0 Å². The van der Waals surface area contributed by atoms with Gasteiger partial charge in [-0.2, -0.15) is 0 Å². The third-order valence-corrected chi connectivity index (χ3v) is 8.41. The highest BCUT2D eigenvalue weighted by Crippen LogP contribution is 2.67. The zero-order valence-electron chi connectivity index (χ0n) is 20.2. The van der Waals surface area contributed by atoms with Gasteiger partial charge in [0.25, 0.3) is 0 Å². The Labute approximate surface area is 178 Å². The molecule has 4 aliphatic rings. The molecule has 0 amide bonds. The van der Waals surface area contributed by atoms with Crippen LogP contribution in [0.25, 0.3) is 0 Å². The topological polar surface area (TPSA) is 0 Å². The summed E-state index contributed by atoms with van der Waals surface area (Å²) in [5.41, 5.74) is 4.86. The third kappa shape index (κ3) is 4.22. The maximum absolute atomic E-state index is 4.25. The lowest BCUT2D eigenvalue weighted by molar-refractivity contribution is -0.00846. The minimum atomic E-state index is 0.505. The van der Waals surface area contributed by atoms with Gasteiger partial charge in [-0.25, -0.2) is 0 Å². The molecule has 1 radical (unpaired) electrons. The van der Waals surface area contributed by atoms with E-state index in [-0.39, 0.29) is 0 Å². The van der Waals surface area contributed by atoms with E-state index in [1.54, 1.807) is 0 Å². The number of hydrogen-bond acceptors (Lipinski definition) is 0. The fourth-order valence-electron chi connectivity index (χ4n) is 7.38. The Balaban J connectivity index is 0.000000599. The Bertz CT molecular complexity index is 524. The third-order valence-electron chi connectivity index (χ3n) is 8.41. The first-order valence-electron chi connectivity index (χ1n) is 12.4. The van der Waals surface area contributed by atoms with Gasteiger partial charge in [0, 0.05) is 0 Å². The van der Waals surface area contributed by atoms with Gasteiger partial charge >= 0.3 is 0 Å². The quantitative estimate of drug-likeness (QED) is 0.394. The summed E-state index contributed by atoms with van der Waals surface area (Å²) < 4.78 is 0. The predicted molar refractivity (Wildman–Crippen MR) is 127 cm³/mol. The minimum absolute atomic E-state index is 0.505. The van der Waals surface area contributed by atoms with E-state index in [0.29, 0.717) is 10.8 Å². The van der Waals surface area contributed by atoms with Gasteiger partial charge in [0.2, 0.25) is 0 Å². The van der Waals surface area contributed by atoms with Gasteiger partial charge in [-0.3, -0.25) is 0 Å². The van der Waals surface area contributed by atoms with Crippen LogP contribution in [0.2, 0.25) is 0 Å². The van der Waals surface area contributed by atoms with Crippen molar-refractivity contribution in [2.24, 2.45) is 28.6 Å². The van der Waals surface area contributed by atoms with E-state index in [2.05, 4.69) is 46.1 Å². The van der Waals surface area contributed by atoms with Crippen LogP contribution in [-0.2, 0) is 0 Å². The molecule has 0 nitrogen and oxygen atoms in total. The summed E-state index contributed by atoms with van der Waals surface area (Å²) in [4.78, 5) is 0. The van der Waals surface area contributed by atoms with Crippen molar-refractivity contribution in [1.82, 2.24) is 0 Å². The summed E-state index contributed by atoms with van der Waals surface area (Å²) in [7, 11) is 0. The Morgan fingerprint density at radius 3 is 2.39 bits per heavy atom. The van der Waals surface area contributed by atoms with Crippen molar-refractivity contribution in [3.05, 3.63) is 36.5 Å². The predicted octanol–water partition coefficient (Wildman–Crippen LogP) is 9.33. The van der Waals surface area contributed by atoms with Crippen molar-refractivity contribution in [3.8, 4) is 0 Å². The highest BCUT2D eigenvalue weighted by Gasteiger charge is 2.58. The second-order valence-corrected chi connectivity index (χ2v) is 8.97. The van der Waals surface area contributed by atoms with E-state index >= 15 is 0 Å². The van der Waals surface area contributed by atoms with Crippen LogP contribution in [0.1, 0.15) is 113 Å². The SMILES string of the molecule is C/C=C1/CC2(CC)CCCC2C2CCC3=CCCC[C@]3(C)C12.CC.CC.[CH]=C. The Kier molecular flexibility index (Phi) is 10.3. The van der Waals surface area contributed by atoms with Crippen LogP contribution < -0.4 is 0 Å². The summed E-state index contributed by atoms with van der Waals surface area (Å²) in [6.45, 7) is 22.4. The molecular formula is C28H49. The highest BCUT2D eigenvalue weighted by atomic mass is 14.6. The molecular weight excluding hydrogens is 336 g/mol. The molecule has 28 heavy (non-hydrogen) atoms. The molecule has 0 N–H and O–H groups in total. The van der Waals surface area contributed by atoms with E-state index in [4.69, 9.17) is 0 Å². The van der Waals surface area contributed by atoms with Crippen molar-refractivity contribution in [1.29, 1.82) is 0 Å². The van der Waals surface area contributed by atoms with Crippen molar-refractivity contribution in [2.75, 3.05) is 0 Å². The summed E-state index contributed by atoms with van der Waals surface area (Å²) in [6.07, 6.45) is 19.6. The first kappa shape index (κ1) is 25.3. The molecule has 0 aliphatic heterocycles. The monoisotopic (exact) mass is 385 g/mol. The molecule has 3 saturated carbocycles. The van der Waals surface area contributed by atoms with Gasteiger partial charge in [-0.05, 0) is 93.3 Å². The molecule has 0 spiro atoms. The molecule has 4 unspecified atom stereocenters. The largest absolute Gasteiger partial charge is 0.0991 e. The minimum Gasteiger partial charge on any atom is -0.0991 e. The molecule has 0 aromatic rings. The Morgan fingerprint density at radius 1 is 1.11 bits per heavy atom. The van der Waals surface area contributed by atoms with Crippen molar-refractivity contribution in [2.45, 2.75) is 113 Å². The van der Waals surface area contributed by atoms with Crippen molar-refractivity contribution < 1.29 is 0 Å². The highest BCUT2D eigenvalue weighted by molar-refractivity contribution is 5.31. The number of allylic oxidation sites excluding steroid dienone is 4. The first-order chi connectivity index (χ1) is 13.6. The first-order valence-corrected chi connectivity index (χ1v) is 12.4. The van der Waals surface area contributed by atoms with Gasteiger partial charge in [0.1, 0.15) is 0 Å². The van der Waals surface area contributed by atoms with Crippen LogP contribution in [0.5, 0.6) is 0 Å². The molecule has 4 aliphatic carbocycles. The molecule has 0 aromatic carbocycles. The number of rotatable bonds is 1. The standard InChI is InChI=1S/C22H34.2C2H6.C2H3/c1-4-16-15-22(5-2)14-8-10-19(22)18-12-11-17-9-6-7-13-21(17,3)20(16)18;3*1-2/h4,9,18-20H,5-8,10-15H2,1-3H3;2*1-2H3;1H,2H2/b16-4-;;;/t18?,19?,20?,21-,22?;;;/m0.../s1. The lowest BCUT2D eigenvalue weighted by Crippen LogP contribution is -2.50. The molecule has 5 atom stereocenters. The molecule has 0 heteroatoms. The zero-order valence-corrected chi connectivity index (χ0v) is 20.2. The molecule has 161 valence electrons. The fourth-order valence-corrected chi connectivity index (χ4v) is 7.38. The molecule has 0 aromatic heterocycles. The molecule has 0 bridgehead atoms. The second kappa shape index (κ2) is 11.4. The maximum Gasteiger partial charge on any atom is -0.00481 e. The van der Waals surface area contributed by atoms with Crippen LogP contribution in [0, 0.1) is 35.2 Å². The van der Waals surface area contributed by atoms with Gasteiger partial charge in [0.05, 0.1) is 0 Å². The van der Waals surface area contributed by atoms with E-state index in [1.807, 2.05) is 38.8 Å². The summed E-state index contributed by atoms with van der Waals surface area (Å²) >= 11 is 0. The van der Waals surface area contributed by atoms with Gasteiger partial charge < -0.3 is 0 Å². The average molecular weight is 386 g/mol. The smallest absolute Gasteiger partial charge is 0.00481 e. The van der Waals surface area contributed by atoms with Crippen LogP contribution in [0.3, 0.4) is 0 Å². The normalized spacial score (nSPS) is 39.3. The fraction of sp³-hybridized carbons (Fsp3) is 0.786. The van der Waals surface area contributed by atoms with Crippen LogP contribution in [-0.4, -0.2) is 0 Å². The lowest BCUT2D eigenvalue weighted by Gasteiger charge is -2.59. The van der Waals surface area contributed by atoms with Crippen LogP contribution in [0.4, 0.5) is 0 Å². The van der Waals surface area contributed by atoms with Gasteiger partial charge in [-0.15, -0.1) is 0 Å². The van der Waals surface area contributed by atoms with E-state index in [0.717, 1.165) is 17.8 Å². The van der Waals surface area contributed by atoms with E-state index in [9.17, 15) is 0 Å². The number of fused-ring (bicyclic) bond motifs is 5. The molecule has 3 fully saturated rings. The summed E-state index contributed by atoms with van der Waals surface area (Å²) in [5.74, 6) is 2.90. The summed E-state index contributed by atoms with van der Waals surface area (Å²) in [5, 5.41) is 0. The second-order valence-electron chi connectivity index (χ2n) is 8.97. The van der Waals surface area contributed by atoms with Crippen molar-refractivity contribution in [3.63, 3.8) is 0 Å². The molecule has 0 saturated heterocycles. The summed E-state index contributed by atoms with van der Waals surface area (Å²) in [6, 6.07) is 0. The average Bonchev–Trinajstić information content (AvgIpc) is 3.21. The lowest BCUT2D eigenvalue weighted by atomic mass is 9.45. The Hall–Kier alpha value is -0.780. The number of hydrogen-bond donors (Lipinski definition) is 0. The maximum atomic E-state index is 4.25. The molecule has 0 heterocycles. The molecule has 4 rings (SSSR count). The van der Waals surface area contributed by atoms with E-state index in [1.165, 1.54) is 64.2 Å². The Morgan fingerprint density at radius 2 is 1.79 bits per heavy atom.